The highest BCUT2D eigenvalue weighted by Crippen LogP contribution is 2.14. The van der Waals surface area contributed by atoms with Crippen LogP contribution in [0, 0.1) is 5.82 Å². The standard InChI is InChI=1S/C16H16FNO/c1-2-5-12-8-10-13(11-9-12)18-16(19)14-6-3-4-7-15(14)17/h3-4,6-11H,2,5H2,1H3,(H,18,19). The average Bonchev–Trinajstić information content (AvgIpc) is 2.42. The van der Waals surface area contributed by atoms with Gasteiger partial charge >= 0.3 is 0 Å². The minimum atomic E-state index is -0.511. The lowest BCUT2D eigenvalue weighted by molar-refractivity contribution is 0.102. The highest BCUT2D eigenvalue weighted by Gasteiger charge is 2.10. The third kappa shape index (κ3) is 3.41. The third-order valence-corrected chi connectivity index (χ3v) is 2.87. The van der Waals surface area contributed by atoms with E-state index in [1.165, 1.54) is 17.7 Å². The zero-order valence-corrected chi connectivity index (χ0v) is 10.8. The quantitative estimate of drug-likeness (QED) is 0.880. The molecule has 2 rings (SSSR count). The zero-order chi connectivity index (χ0) is 13.7. The molecule has 98 valence electrons. The maximum atomic E-state index is 13.4. The van der Waals surface area contributed by atoms with Crippen LogP contribution in [0.15, 0.2) is 48.5 Å². The van der Waals surface area contributed by atoms with E-state index in [1.54, 1.807) is 12.1 Å². The van der Waals surface area contributed by atoms with Crippen molar-refractivity contribution in [1.82, 2.24) is 0 Å². The van der Waals surface area contributed by atoms with E-state index in [4.69, 9.17) is 0 Å². The Balaban J connectivity index is 2.09. The van der Waals surface area contributed by atoms with Crippen LogP contribution in [-0.2, 0) is 6.42 Å². The summed E-state index contributed by atoms with van der Waals surface area (Å²) in [5.74, 6) is -0.941. The number of anilines is 1. The molecule has 0 fully saturated rings. The highest BCUT2D eigenvalue weighted by atomic mass is 19.1. The number of hydrogen-bond donors (Lipinski definition) is 1. The van der Waals surface area contributed by atoms with Gasteiger partial charge in [0.1, 0.15) is 5.82 Å². The summed E-state index contributed by atoms with van der Waals surface area (Å²) in [6.45, 7) is 2.12. The largest absolute Gasteiger partial charge is 0.322 e. The van der Waals surface area contributed by atoms with Crippen LogP contribution in [-0.4, -0.2) is 5.91 Å². The van der Waals surface area contributed by atoms with Crippen molar-refractivity contribution >= 4 is 11.6 Å². The Morgan fingerprint density at radius 3 is 2.42 bits per heavy atom. The van der Waals surface area contributed by atoms with Gasteiger partial charge in [0.2, 0.25) is 0 Å². The molecule has 0 saturated heterocycles. The molecule has 0 bridgehead atoms. The van der Waals surface area contributed by atoms with Crippen molar-refractivity contribution in [2.75, 3.05) is 5.32 Å². The van der Waals surface area contributed by atoms with Crippen LogP contribution in [0.1, 0.15) is 29.3 Å². The fraction of sp³-hybridized carbons (Fsp3) is 0.188. The minimum absolute atomic E-state index is 0.0557. The highest BCUT2D eigenvalue weighted by molar-refractivity contribution is 6.04. The van der Waals surface area contributed by atoms with Crippen molar-refractivity contribution in [3.63, 3.8) is 0 Å². The summed E-state index contributed by atoms with van der Waals surface area (Å²) in [6, 6.07) is 13.6. The predicted molar refractivity (Wildman–Crippen MR) is 74.8 cm³/mol. The van der Waals surface area contributed by atoms with Gasteiger partial charge in [0.25, 0.3) is 5.91 Å². The summed E-state index contributed by atoms with van der Waals surface area (Å²) in [6.07, 6.45) is 2.10. The average molecular weight is 257 g/mol. The van der Waals surface area contributed by atoms with Crippen molar-refractivity contribution in [3.8, 4) is 0 Å². The van der Waals surface area contributed by atoms with Gasteiger partial charge in [-0.2, -0.15) is 0 Å². The molecular weight excluding hydrogens is 241 g/mol. The first-order valence-corrected chi connectivity index (χ1v) is 6.35. The van der Waals surface area contributed by atoms with Crippen molar-refractivity contribution in [2.45, 2.75) is 19.8 Å². The first-order valence-electron chi connectivity index (χ1n) is 6.35. The van der Waals surface area contributed by atoms with Gasteiger partial charge in [0.05, 0.1) is 5.56 Å². The second kappa shape index (κ2) is 6.14. The van der Waals surface area contributed by atoms with E-state index in [0.29, 0.717) is 5.69 Å². The molecule has 0 heterocycles. The second-order valence-corrected chi connectivity index (χ2v) is 4.38. The molecular formula is C16H16FNO. The molecule has 0 aliphatic carbocycles. The topological polar surface area (TPSA) is 29.1 Å². The van der Waals surface area contributed by atoms with E-state index in [0.717, 1.165) is 12.8 Å². The number of halogens is 1. The van der Waals surface area contributed by atoms with E-state index in [1.807, 2.05) is 24.3 Å². The maximum absolute atomic E-state index is 13.4. The molecule has 1 amide bonds. The molecule has 0 radical (unpaired) electrons. The summed E-state index contributed by atoms with van der Waals surface area (Å²) in [5.41, 5.74) is 1.96. The smallest absolute Gasteiger partial charge is 0.258 e. The lowest BCUT2D eigenvalue weighted by atomic mass is 10.1. The van der Waals surface area contributed by atoms with Gasteiger partial charge in [0.15, 0.2) is 0 Å². The second-order valence-electron chi connectivity index (χ2n) is 4.38. The molecule has 0 unspecified atom stereocenters. The summed E-state index contributed by atoms with van der Waals surface area (Å²) < 4.78 is 13.4. The zero-order valence-electron chi connectivity index (χ0n) is 10.8. The van der Waals surface area contributed by atoms with E-state index >= 15 is 0 Å². The first-order chi connectivity index (χ1) is 9.20. The van der Waals surface area contributed by atoms with E-state index < -0.39 is 11.7 Å². The van der Waals surface area contributed by atoms with Crippen molar-refractivity contribution < 1.29 is 9.18 Å². The van der Waals surface area contributed by atoms with E-state index in [2.05, 4.69) is 12.2 Å². The van der Waals surface area contributed by atoms with Crippen LogP contribution >= 0.6 is 0 Å². The van der Waals surface area contributed by atoms with Crippen LogP contribution in [0.2, 0.25) is 0 Å². The van der Waals surface area contributed by atoms with Crippen LogP contribution in [0.4, 0.5) is 10.1 Å². The number of benzene rings is 2. The number of carbonyl (C=O) groups is 1. The molecule has 19 heavy (non-hydrogen) atoms. The molecule has 2 aromatic carbocycles. The SMILES string of the molecule is CCCc1ccc(NC(=O)c2ccccc2F)cc1. The fourth-order valence-corrected chi connectivity index (χ4v) is 1.89. The molecule has 1 N–H and O–H groups in total. The lowest BCUT2D eigenvalue weighted by Gasteiger charge is -2.07. The molecule has 0 spiro atoms. The van der Waals surface area contributed by atoms with Gasteiger partial charge < -0.3 is 5.32 Å². The fourth-order valence-electron chi connectivity index (χ4n) is 1.89. The lowest BCUT2D eigenvalue weighted by Crippen LogP contribution is -2.13. The number of aryl methyl sites for hydroxylation is 1. The van der Waals surface area contributed by atoms with E-state index in [-0.39, 0.29) is 5.56 Å². The number of nitrogens with one attached hydrogen (secondary N) is 1. The third-order valence-electron chi connectivity index (χ3n) is 2.87. The van der Waals surface area contributed by atoms with Crippen LogP contribution in [0.25, 0.3) is 0 Å². The van der Waals surface area contributed by atoms with Crippen molar-refractivity contribution in [3.05, 3.63) is 65.5 Å². The Bertz CT molecular complexity index is 563. The van der Waals surface area contributed by atoms with Crippen molar-refractivity contribution in [1.29, 1.82) is 0 Å². The molecule has 0 saturated carbocycles. The normalized spacial score (nSPS) is 10.2. The number of hydrogen-bond acceptors (Lipinski definition) is 1. The van der Waals surface area contributed by atoms with Gasteiger partial charge in [-0.05, 0) is 36.2 Å². The predicted octanol–water partition coefficient (Wildman–Crippen LogP) is 4.03. The van der Waals surface area contributed by atoms with Crippen molar-refractivity contribution in [2.24, 2.45) is 0 Å². The Hall–Kier alpha value is -2.16. The minimum Gasteiger partial charge on any atom is -0.322 e. The molecule has 0 aliphatic heterocycles. The maximum Gasteiger partial charge on any atom is 0.258 e. The van der Waals surface area contributed by atoms with E-state index in [9.17, 15) is 9.18 Å². The monoisotopic (exact) mass is 257 g/mol. The summed E-state index contributed by atoms with van der Waals surface area (Å²) in [4.78, 5) is 11.9. The van der Waals surface area contributed by atoms with Gasteiger partial charge in [-0.1, -0.05) is 37.6 Å². The summed E-state index contributed by atoms with van der Waals surface area (Å²) >= 11 is 0. The van der Waals surface area contributed by atoms with Crippen LogP contribution in [0.3, 0.4) is 0 Å². The molecule has 0 aromatic heterocycles. The Morgan fingerprint density at radius 2 is 1.79 bits per heavy atom. The van der Waals surface area contributed by atoms with Gasteiger partial charge in [0, 0.05) is 5.69 Å². The molecule has 0 atom stereocenters. The van der Waals surface area contributed by atoms with Crippen LogP contribution < -0.4 is 5.32 Å². The number of rotatable bonds is 4. The van der Waals surface area contributed by atoms with Gasteiger partial charge in [-0.15, -0.1) is 0 Å². The number of carbonyl (C=O) groups excluding carboxylic acids is 1. The Kier molecular flexibility index (Phi) is 4.29. The number of amides is 1. The summed E-state index contributed by atoms with van der Waals surface area (Å²) in [7, 11) is 0. The molecule has 2 aromatic rings. The first kappa shape index (κ1) is 13.3. The van der Waals surface area contributed by atoms with Gasteiger partial charge in [-0.25, -0.2) is 4.39 Å². The Morgan fingerprint density at radius 1 is 1.11 bits per heavy atom. The molecule has 2 nitrogen and oxygen atoms in total. The molecule has 0 aliphatic rings. The van der Waals surface area contributed by atoms with Crippen LogP contribution in [0.5, 0.6) is 0 Å². The van der Waals surface area contributed by atoms with Gasteiger partial charge in [-0.3, -0.25) is 4.79 Å². The Labute approximate surface area is 112 Å². The molecule has 3 heteroatoms. The summed E-state index contributed by atoms with van der Waals surface area (Å²) in [5, 5.41) is 2.69.